The molecule has 0 amide bonds. The molecule has 9 aromatic rings. The van der Waals surface area contributed by atoms with Crippen molar-refractivity contribution in [2.75, 3.05) is 0 Å². The molecule has 0 spiro atoms. The molecular weight excluding hydrogens is 593 g/mol. The largest absolute Gasteiger partial charge is 0.316 e. The molecule has 2 nitrogen and oxygen atoms in total. The zero-order valence-electron chi connectivity index (χ0n) is 27.6. The van der Waals surface area contributed by atoms with Crippen molar-refractivity contribution in [2.24, 2.45) is 0 Å². The number of nitrogens with zero attached hydrogens (tertiary/aromatic N) is 2. The highest BCUT2D eigenvalue weighted by molar-refractivity contribution is 6.19. The van der Waals surface area contributed by atoms with E-state index >= 15 is 0 Å². The lowest BCUT2D eigenvalue weighted by Crippen LogP contribution is -2.14. The molecule has 7 aromatic carbocycles. The van der Waals surface area contributed by atoms with Crippen molar-refractivity contribution in [3.8, 4) is 44.8 Å². The Morgan fingerprint density at radius 3 is 1.84 bits per heavy atom. The van der Waals surface area contributed by atoms with Gasteiger partial charge in [-0.3, -0.25) is 0 Å². The Hall–Kier alpha value is -6.12. The first-order valence-electron chi connectivity index (χ1n) is 17.1. The summed E-state index contributed by atoms with van der Waals surface area (Å²) in [6, 6.07) is 60.1. The Bertz CT molecular complexity index is 2720. The molecule has 49 heavy (non-hydrogen) atoms. The summed E-state index contributed by atoms with van der Waals surface area (Å²) in [4.78, 5) is 0. The van der Waals surface area contributed by atoms with Gasteiger partial charge in [0.15, 0.2) is 0 Å². The molecule has 0 radical (unpaired) electrons. The van der Waals surface area contributed by atoms with Crippen LogP contribution in [0.2, 0.25) is 0 Å². The second-order valence-electron chi connectivity index (χ2n) is 13.8. The standard InChI is InChI=1S/C47H34N2/c1-47(2)42-19-10-9-18-37(42)38-22-20-34(30-43(38)47)32-13-11-12-31(28-32)33-21-24-45-41(29-33)39-23-25-44-40(26-27-48(44)35-14-5-3-6-15-35)46(39)49(45)36-16-7-4-8-17-36/h3-30H,1-2H3. The molecule has 0 N–H and O–H groups in total. The fraction of sp³-hybridized carbons (Fsp3) is 0.0638. The number of para-hydroxylation sites is 2. The van der Waals surface area contributed by atoms with Gasteiger partial charge in [-0.25, -0.2) is 0 Å². The van der Waals surface area contributed by atoms with Crippen LogP contribution in [0.4, 0.5) is 0 Å². The van der Waals surface area contributed by atoms with Gasteiger partial charge in [0.25, 0.3) is 0 Å². The van der Waals surface area contributed by atoms with Crippen molar-refractivity contribution in [3.05, 3.63) is 181 Å². The Balaban J connectivity index is 1.13. The fourth-order valence-corrected chi connectivity index (χ4v) is 8.33. The highest BCUT2D eigenvalue weighted by Crippen LogP contribution is 2.49. The third-order valence-electron chi connectivity index (χ3n) is 10.8. The minimum absolute atomic E-state index is 0.0228. The Labute approximate surface area is 286 Å². The van der Waals surface area contributed by atoms with Crippen molar-refractivity contribution in [3.63, 3.8) is 0 Å². The van der Waals surface area contributed by atoms with Crippen LogP contribution >= 0.6 is 0 Å². The molecule has 0 fully saturated rings. The maximum absolute atomic E-state index is 2.44. The van der Waals surface area contributed by atoms with Gasteiger partial charge in [0, 0.05) is 39.1 Å². The fourth-order valence-electron chi connectivity index (χ4n) is 8.33. The zero-order chi connectivity index (χ0) is 32.7. The molecule has 0 aliphatic heterocycles. The lowest BCUT2D eigenvalue weighted by molar-refractivity contribution is 0.660. The molecule has 2 heteroatoms. The average molecular weight is 627 g/mol. The predicted molar refractivity (Wildman–Crippen MR) is 206 cm³/mol. The minimum Gasteiger partial charge on any atom is -0.316 e. The van der Waals surface area contributed by atoms with E-state index in [1.54, 1.807) is 0 Å². The smallest absolute Gasteiger partial charge is 0.0635 e. The molecular formula is C47H34N2. The van der Waals surface area contributed by atoms with E-state index in [-0.39, 0.29) is 5.41 Å². The van der Waals surface area contributed by atoms with E-state index in [9.17, 15) is 0 Å². The Morgan fingerprint density at radius 1 is 0.408 bits per heavy atom. The summed E-state index contributed by atoms with van der Waals surface area (Å²) in [6.07, 6.45) is 2.20. The molecule has 232 valence electrons. The van der Waals surface area contributed by atoms with Crippen LogP contribution in [-0.2, 0) is 5.41 Å². The summed E-state index contributed by atoms with van der Waals surface area (Å²) in [6.45, 7) is 4.70. The van der Waals surface area contributed by atoms with Gasteiger partial charge in [0.1, 0.15) is 0 Å². The average Bonchev–Trinajstić information content (AvgIpc) is 3.81. The van der Waals surface area contributed by atoms with Crippen LogP contribution in [0.15, 0.2) is 170 Å². The molecule has 1 aliphatic carbocycles. The van der Waals surface area contributed by atoms with Crippen LogP contribution in [0.5, 0.6) is 0 Å². The van der Waals surface area contributed by atoms with Crippen molar-refractivity contribution < 1.29 is 0 Å². The van der Waals surface area contributed by atoms with E-state index < -0.39 is 0 Å². The topological polar surface area (TPSA) is 9.86 Å². The zero-order valence-corrected chi connectivity index (χ0v) is 27.6. The van der Waals surface area contributed by atoms with Crippen molar-refractivity contribution in [2.45, 2.75) is 19.3 Å². The van der Waals surface area contributed by atoms with E-state index in [1.807, 2.05) is 0 Å². The second-order valence-corrected chi connectivity index (χ2v) is 13.8. The molecule has 0 saturated carbocycles. The molecule has 0 bridgehead atoms. The molecule has 0 saturated heterocycles. The summed E-state index contributed by atoms with van der Waals surface area (Å²) >= 11 is 0. The van der Waals surface area contributed by atoms with E-state index in [1.165, 1.54) is 82.9 Å². The van der Waals surface area contributed by atoms with Crippen LogP contribution < -0.4 is 0 Å². The van der Waals surface area contributed by atoms with Crippen LogP contribution in [0, 0.1) is 0 Å². The van der Waals surface area contributed by atoms with E-state index in [0.29, 0.717) is 0 Å². The second kappa shape index (κ2) is 10.4. The summed E-state index contributed by atoms with van der Waals surface area (Å²) in [5.74, 6) is 0. The molecule has 2 heterocycles. The molecule has 1 aliphatic rings. The van der Waals surface area contributed by atoms with Gasteiger partial charge >= 0.3 is 0 Å². The third kappa shape index (κ3) is 4.14. The van der Waals surface area contributed by atoms with Gasteiger partial charge in [0.05, 0.1) is 16.6 Å². The van der Waals surface area contributed by atoms with Crippen LogP contribution in [0.3, 0.4) is 0 Å². The van der Waals surface area contributed by atoms with Gasteiger partial charge < -0.3 is 9.13 Å². The number of rotatable bonds is 4. The van der Waals surface area contributed by atoms with Gasteiger partial charge in [-0.2, -0.15) is 0 Å². The Kier molecular flexibility index (Phi) is 5.95. The molecule has 10 rings (SSSR count). The van der Waals surface area contributed by atoms with E-state index in [0.717, 1.165) is 5.69 Å². The minimum atomic E-state index is -0.0228. The summed E-state index contributed by atoms with van der Waals surface area (Å²) < 4.78 is 4.73. The predicted octanol–water partition coefficient (Wildman–Crippen LogP) is 12.4. The SMILES string of the molecule is CC1(C)c2ccccc2-c2ccc(-c3cccc(-c4ccc5c(c4)c4ccc6c(ccn6-c6ccccc6)c4n5-c4ccccc4)c3)cc21. The van der Waals surface area contributed by atoms with Gasteiger partial charge in [-0.15, -0.1) is 0 Å². The van der Waals surface area contributed by atoms with Crippen molar-refractivity contribution >= 4 is 32.7 Å². The van der Waals surface area contributed by atoms with Crippen LogP contribution in [0.25, 0.3) is 77.5 Å². The first-order chi connectivity index (χ1) is 24.1. The quantitative estimate of drug-likeness (QED) is 0.184. The van der Waals surface area contributed by atoms with E-state index in [4.69, 9.17) is 0 Å². The summed E-state index contributed by atoms with van der Waals surface area (Å²) in [7, 11) is 0. The molecule has 2 aromatic heterocycles. The molecule has 0 unspecified atom stereocenters. The van der Waals surface area contributed by atoms with Gasteiger partial charge in [-0.1, -0.05) is 117 Å². The number of fused-ring (bicyclic) bond motifs is 8. The number of benzene rings is 7. The van der Waals surface area contributed by atoms with Crippen LogP contribution in [-0.4, -0.2) is 9.13 Å². The van der Waals surface area contributed by atoms with Gasteiger partial charge in [-0.05, 0) is 105 Å². The summed E-state index contributed by atoms with van der Waals surface area (Å²) in [5.41, 5.74) is 16.4. The first-order valence-corrected chi connectivity index (χ1v) is 17.1. The van der Waals surface area contributed by atoms with Crippen LogP contribution in [0.1, 0.15) is 25.0 Å². The Morgan fingerprint density at radius 2 is 1.04 bits per heavy atom. The maximum Gasteiger partial charge on any atom is 0.0635 e. The van der Waals surface area contributed by atoms with E-state index in [2.05, 4.69) is 193 Å². The normalized spacial score (nSPS) is 13.3. The van der Waals surface area contributed by atoms with Crippen molar-refractivity contribution in [1.29, 1.82) is 0 Å². The first kappa shape index (κ1) is 27.9. The lowest BCUT2D eigenvalue weighted by Gasteiger charge is -2.22. The van der Waals surface area contributed by atoms with Crippen molar-refractivity contribution in [1.82, 2.24) is 9.13 Å². The van der Waals surface area contributed by atoms with Gasteiger partial charge in [0.2, 0.25) is 0 Å². The molecule has 0 atom stereocenters. The number of hydrogen-bond acceptors (Lipinski definition) is 0. The number of hydrogen-bond donors (Lipinski definition) is 0. The highest BCUT2D eigenvalue weighted by atomic mass is 15.0. The highest BCUT2D eigenvalue weighted by Gasteiger charge is 2.35. The summed E-state index contributed by atoms with van der Waals surface area (Å²) in [5, 5.41) is 3.76. The maximum atomic E-state index is 2.44. The number of aromatic nitrogens is 2. The lowest BCUT2D eigenvalue weighted by atomic mass is 9.81. The monoisotopic (exact) mass is 626 g/mol. The third-order valence-corrected chi connectivity index (χ3v) is 10.8.